The summed E-state index contributed by atoms with van der Waals surface area (Å²) in [4.78, 5) is 8.64. The van der Waals surface area contributed by atoms with Crippen molar-refractivity contribution in [3.63, 3.8) is 0 Å². The Morgan fingerprint density at radius 2 is 1.81 bits per heavy atom. The van der Waals surface area contributed by atoms with E-state index in [2.05, 4.69) is 27.5 Å². The van der Waals surface area contributed by atoms with E-state index in [9.17, 15) is 0 Å². The lowest BCUT2D eigenvalue weighted by Crippen LogP contribution is -2.05. The van der Waals surface area contributed by atoms with Crippen molar-refractivity contribution in [3.05, 3.63) is 36.7 Å². The summed E-state index contributed by atoms with van der Waals surface area (Å²) in [6.45, 7) is 7.02. The van der Waals surface area contributed by atoms with E-state index in [4.69, 9.17) is 4.74 Å². The molecule has 1 aromatic carbocycles. The summed E-state index contributed by atoms with van der Waals surface area (Å²) in [5.74, 6) is 2.36. The molecular weight excluding hydrogens is 264 g/mol. The number of hydrogen-bond acceptors (Lipinski definition) is 5. The Morgan fingerprint density at radius 1 is 1.10 bits per heavy atom. The van der Waals surface area contributed by atoms with Gasteiger partial charge >= 0.3 is 0 Å². The standard InChI is InChI=1S/C16H22N4O/c1-4-9-18-15-10-17-11-16(20-15)19-13-5-7-14(8-6-13)21-12(2)3/h5-8,10-12H,4,9H2,1-3H3,(H2,18,19,20). The van der Waals surface area contributed by atoms with E-state index in [-0.39, 0.29) is 6.10 Å². The molecule has 5 heteroatoms. The van der Waals surface area contributed by atoms with Crippen molar-refractivity contribution in [3.8, 4) is 5.75 Å². The predicted molar refractivity (Wildman–Crippen MR) is 86.3 cm³/mol. The molecule has 0 unspecified atom stereocenters. The maximum Gasteiger partial charge on any atom is 0.151 e. The Labute approximate surface area is 125 Å². The fourth-order valence-electron chi connectivity index (χ4n) is 1.80. The molecule has 2 N–H and O–H groups in total. The molecule has 0 bridgehead atoms. The lowest BCUT2D eigenvalue weighted by atomic mass is 10.3. The van der Waals surface area contributed by atoms with Crippen LogP contribution >= 0.6 is 0 Å². The first-order valence-electron chi connectivity index (χ1n) is 7.27. The average molecular weight is 286 g/mol. The van der Waals surface area contributed by atoms with E-state index in [1.165, 1.54) is 0 Å². The zero-order chi connectivity index (χ0) is 15.1. The Bertz CT molecular complexity index is 554. The van der Waals surface area contributed by atoms with Gasteiger partial charge in [0.05, 0.1) is 18.5 Å². The second-order valence-corrected chi connectivity index (χ2v) is 5.03. The highest BCUT2D eigenvalue weighted by Gasteiger charge is 2.01. The van der Waals surface area contributed by atoms with Gasteiger partial charge in [0.2, 0.25) is 0 Å². The van der Waals surface area contributed by atoms with Crippen LogP contribution in [0, 0.1) is 0 Å². The van der Waals surface area contributed by atoms with Crippen molar-refractivity contribution < 1.29 is 4.74 Å². The van der Waals surface area contributed by atoms with Crippen molar-refractivity contribution in [2.45, 2.75) is 33.3 Å². The van der Waals surface area contributed by atoms with E-state index < -0.39 is 0 Å². The molecule has 112 valence electrons. The molecule has 0 amide bonds. The minimum Gasteiger partial charge on any atom is -0.491 e. The number of ether oxygens (including phenoxy) is 1. The first kappa shape index (κ1) is 15.1. The third-order valence-electron chi connectivity index (χ3n) is 2.69. The largest absolute Gasteiger partial charge is 0.491 e. The molecule has 5 nitrogen and oxygen atoms in total. The van der Waals surface area contributed by atoms with Crippen molar-refractivity contribution >= 4 is 17.3 Å². The van der Waals surface area contributed by atoms with E-state index in [0.29, 0.717) is 5.82 Å². The highest BCUT2D eigenvalue weighted by atomic mass is 16.5. The lowest BCUT2D eigenvalue weighted by Gasteiger charge is -2.11. The summed E-state index contributed by atoms with van der Waals surface area (Å²) in [7, 11) is 0. The van der Waals surface area contributed by atoms with Crippen LogP contribution in [0.15, 0.2) is 36.7 Å². The quantitative estimate of drug-likeness (QED) is 0.810. The molecule has 0 aliphatic carbocycles. The Kier molecular flexibility index (Phi) is 5.37. The van der Waals surface area contributed by atoms with Crippen LogP contribution in [0.3, 0.4) is 0 Å². The van der Waals surface area contributed by atoms with Crippen LogP contribution in [-0.4, -0.2) is 22.6 Å². The zero-order valence-corrected chi connectivity index (χ0v) is 12.8. The normalized spacial score (nSPS) is 10.5. The van der Waals surface area contributed by atoms with Crippen LogP contribution in [0.1, 0.15) is 27.2 Å². The number of benzene rings is 1. The van der Waals surface area contributed by atoms with Gasteiger partial charge in [0.1, 0.15) is 11.6 Å². The van der Waals surface area contributed by atoms with Gasteiger partial charge < -0.3 is 15.4 Å². The summed E-state index contributed by atoms with van der Waals surface area (Å²) in [6.07, 6.45) is 4.66. The summed E-state index contributed by atoms with van der Waals surface area (Å²) in [6, 6.07) is 7.81. The van der Waals surface area contributed by atoms with E-state index in [0.717, 1.165) is 30.2 Å². The first-order chi connectivity index (χ1) is 10.2. The number of aromatic nitrogens is 2. The van der Waals surface area contributed by atoms with Crippen molar-refractivity contribution in [1.82, 2.24) is 9.97 Å². The molecule has 2 rings (SSSR count). The van der Waals surface area contributed by atoms with Crippen LogP contribution in [0.4, 0.5) is 17.3 Å². The van der Waals surface area contributed by atoms with Crippen LogP contribution in [0.2, 0.25) is 0 Å². The third kappa shape index (κ3) is 4.95. The Balaban J connectivity index is 2.00. The molecule has 0 atom stereocenters. The number of rotatable bonds is 7. The summed E-state index contributed by atoms with van der Waals surface area (Å²) < 4.78 is 5.62. The van der Waals surface area contributed by atoms with Gasteiger partial charge in [-0.15, -0.1) is 0 Å². The highest BCUT2D eigenvalue weighted by Crippen LogP contribution is 2.20. The van der Waals surface area contributed by atoms with Crippen molar-refractivity contribution in [2.24, 2.45) is 0 Å². The topological polar surface area (TPSA) is 59.1 Å². The van der Waals surface area contributed by atoms with Crippen molar-refractivity contribution in [1.29, 1.82) is 0 Å². The molecule has 0 radical (unpaired) electrons. The molecular formula is C16H22N4O. The molecule has 0 aliphatic rings. The van der Waals surface area contributed by atoms with Gasteiger partial charge in [-0.05, 0) is 44.5 Å². The Morgan fingerprint density at radius 3 is 2.48 bits per heavy atom. The van der Waals surface area contributed by atoms with Gasteiger partial charge in [0.25, 0.3) is 0 Å². The summed E-state index contributed by atoms with van der Waals surface area (Å²) in [5, 5.41) is 6.45. The van der Waals surface area contributed by atoms with Gasteiger partial charge in [-0.2, -0.15) is 0 Å². The first-order valence-corrected chi connectivity index (χ1v) is 7.27. The van der Waals surface area contributed by atoms with Crippen LogP contribution in [0.25, 0.3) is 0 Å². The monoisotopic (exact) mass is 286 g/mol. The molecule has 2 aromatic rings. The van der Waals surface area contributed by atoms with Gasteiger partial charge in [0, 0.05) is 12.2 Å². The van der Waals surface area contributed by atoms with Gasteiger partial charge in [-0.3, -0.25) is 4.98 Å². The number of anilines is 3. The van der Waals surface area contributed by atoms with Gasteiger partial charge in [-0.25, -0.2) is 4.98 Å². The maximum atomic E-state index is 5.62. The number of hydrogen-bond donors (Lipinski definition) is 2. The molecule has 0 spiro atoms. The fraction of sp³-hybridized carbons (Fsp3) is 0.375. The minimum absolute atomic E-state index is 0.177. The Hall–Kier alpha value is -2.30. The molecule has 1 heterocycles. The minimum atomic E-state index is 0.177. The van der Waals surface area contributed by atoms with Crippen LogP contribution in [-0.2, 0) is 0 Å². The summed E-state index contributed by atoms with van der Waals surface area (Å²) in [5.41, 5.74) is 0.952. The molecule has 0 saturated carbocycles. The smallest absolute Gasteiger partial charge is 0.151 e. The molecule has 0 saturated heterocycles. The number of nitrogens with zero attached hydrogens (tertiary/aromatic N) is 2. The predicted octanol–water partition coefficient (Wildman–Crippen LogP) is 3.83. The lowest BCUT2D eigenvalue weighted by molar-refractivity contribution is 0.242. The second-order valence-electron chi connectivity index (χ2n) is 5.03. The third-order valence-corrected chi connectivity index (χ3v) is 2.69. The molecule has 1 aromatic heterocycles. The second kappa shape index (κ2) is 7.47. The van der Waals surface area contributed by atoms with Gasteiger partial charge in [0.15, 0.2) is 5.82 Å². The van der Waals surface area contributed by atoms with Gasteiger partial charge in [-0.1, -0.05) is 6.92 Å². The summed E-state index contributed by atoms with van der Waals surface area (Å²) >= 11 is 0. The fourth-order valence-corrected chi connectivity index (χ4v) is 1.80. The van der Waals surface area contributed by atoms with E-state index in [1.54, 1.807) is 12.4 Å². The molecule has 0 aliphatic heterocycles. The SMILES string of the molecule is CCCNc1cncc(Nc2ccc(OC(C)C)cc2)n1. The molecule has 0 fully saturated rings. The maximum absolute atomic E-state index is 5.62. The van der Waals surface area contributed by atoms with Crippen LogP contribution < -0.4 is 15.4 Å². The van der Waals surface area contributed by atoms with E-state index >= 15 is 0 Å². The number of nitrogens with one attached hydrogen (secondary N) is 2. The molecule has 21 heavy (non-hydrogen) atoms. The highest BCUT2D eigenvalue weighted by molar-refractivity contribution is 5.57. The van der Waals surface area contributed by atoms with Crippen LogP contribution in [0.5, 0.6) is 5.75 Å². The average Bonchev–Trinajstić information content (AvgIpc) is 2.47. The van der Waals surface area contributed by atoms with E-state index in [1.807, 2.05) is 38.1 Å². The zero-order valence-electron chi connectivity index (χ0n) is 12.8. The van der Waals surface area contributed by atoms with Crippen molar-refractivity contribution in [2.75, 3.05) is 17.2 Å².